The van der Waals surface area contributed by atoms with E-state index in [0.717, 1.165) is 17.7 Å². The molecule has 0 heterocycles. The molecule has 1 atom stereocenters. The van der Waals surface area contributed by atoms with Crippen molar-refractivity contribution in [2.45, 2.75) is 19.4 Å². The van der Waals surface area contributed by atoms with Crippen LogP contribution in [0.3, 0.4) is 0 Å². The maximum Gasteiger partial charge on any atom is 0.341 e. The van der Waals surface area contributed by atoms with Gasteiger partial charge in [-0.05, 0) is 43.2 Å². The normalized spacial score (nSPS) is 11.7. The monoisotopic (exact) mass is 351 g/mol. The summed E-state index contributed by atoms with van der Waals surface area (Å²) in [6.45, 7) is 1.60. The average molecular weight is 351 g/mol. The van der Waals surface area contributed by atoms with Gasteiger partial charge in [-0.2, -0.15) is 0 Å². The van der Waals surface area contributed by atoms with E-state index in [9.17, 15) is 22.8 Å². The number of rotatable bonds is 6. The average Bonchev–Trinajstić information content (AvgIpc) is 2.56. The van der Waals surface area contributed by atoms with E-state index in [0.29, 0.717) is 12.5 Å². The van der Waals surface area contributed by atoms with Gasteiger partial charge in [0.05, 0.1) is 5.56 Å². The van der Waals surface area contributed by atoms with Crippen molar-refractivity contribution in [3.63, 3.8) is 0 Å². The number of carbonyl (C=O) groups is 2. The number of ether oxygens (including phenoxy) is 1. The summed E-state index contributed by atoms with van der Waals surface area (Å²) in [5.41, 5.74) is 0.382. The quantitative estimate of drug-likeness (QED) is 0.814. The largest absolute Gasteiger partial charge is 0.449 e. The standard InChI is InChI=1S/C18H16F3NO3/c1-11(25-18(24)15-7-6-14(20)10-16(15)21)17(23)22-9-8-12-2-4-13(19)5-3-12/h2-7,10-11H,8-9H2,1H3,(H,22,23)/t11-/m1/s1. The van der Waals surface area contributed by atoms with E-state index in [1.165, 1.54) is 19.1 Å². The van der Waals surface area contributed by atoms with Crippen molar-refractivity contribution in [2.24, 2.45) is 0 Å². The lowest BCUT2D eigenvalue weighted by Gasteiger charge is -2.14. The fraction of sp³-hybridized carbons (Fsp3) is 0.222. The fourth-order valence-corrected chi connectivity index (χ4v) is 2.06. The van der Waals surface area contributed by atoms with E-state index >= 15 is 0 Å². The first kappa shape index (κ1) is 18.5. The van der Waals surface area contributed by atoms with Crippen LogP contribution in [0, 0.1) is 17.5 Å². The Morgan fingerprint density at radius 2 is 1.68 bits per heavy atom. The molecule has 7 heteroatoms. The Bertz CT molecular complexity index is 763. The van der Waals surface area contributed by atoms with Gasteiger partial charge in [-0.15, -0.1) is 0 Å². The van der Waals surface area contributed by atoms with E-state index in [1.54, 1.807) is 12.1 Å². The third-order valence-electron chi connectivity index (χ3n) is 3.43. The van der Waals surface area contributed by atoms with Crippen LogP contribution in [0.15, 0.2) is 42.5 Å². The Hall–Kier alpha value is -2.83. The summed E-state index contributed by atoms with van der Waals surface area (Å²) in [5.74, 6) is -3.84. The predicted octanol–water partition coefficient (Wildman–Crippen LogP) is 3.01. The first-order chi connectivity index (χ1) is 11.9. The molecule has 1 N–H and O–H groups in total. The molecule has 0 saturated carbocycles. The van der Waals surface area contributed by atoms with Gasteiger partial charge in [0.25, 0.3) is 5.91 Å². The summed E-state index contributed by atoms with van der Waals surface area (Å²) in [6.07, 6.45) is -0.676. The number of esters is 1. The molecule has 0 spiro atoms. The van der Waals surface area contributed by atoms with Crippen molar-refractivity contribution in [1.29, 1.82) is 0 Å². The molecule has 0 radical (unpaired) electrons. The van der Waals surface area contributed by atoms with Crippen molar-refractivity contribution < 1.29 is 27.5 Å². The van der Waals surface area contributed by atoms with Crippen LogP contribution in [0.5, 0.6) is 0 Å². The van der Waals surface area contributed by atoms with Crippen LogP contribution in [0.4, 0.5) is 13.2 Å². The molecule has 0 saturated heterocycles. The Morgan fingerprint density at radius 1 is 1.04 bits per heavy atom. The van der Waals surface area contributed by atoms with E-state index < -0.39 is 35.2 Å². The van der Waals surface area contributed by atoms with Crippen LogP contribution in [-0.2, 0) is 16.0 Å². The molecule has 2 rings (SSSR count). The molecule has 2 aromatic carbocycles. The number of benzene rings is 2. The first-order valence-electron chi connectivity index (χ1n) is 7.55. The lowest BCUT2D eigenvalue weighted by atomic mass is 10.1. The third kappa shape index (κ3) is 5.34. The van der Waals surface area contributed by atoms with Crippen LogP contribution < -0.4 is 5.32 Å². The van der Waals surface area contributed by atoms with Crippen LogP contribution >= 0.6 is 0 Å². The maximum absolute atomic E-state index is 13.5. The zero-order valence-electron chi connectivity index (χ0n) is 13.4. The molecule has 0 aliphatic heterocycles. The van der Waals surface area contributed by atoms with Gasteiger partial charge in [0, 0.05) is 12.6 Å². The molecule has 2 aromatic rings. The minimum atomic E-state index is -1.15. The van der Waals surface area contributed by atoms with Gasteiger partial charge >= 0.3 is 5.97 Å². The van der Waals surface area contributed by atoms with Gasteiger partial charge in [-0.25, -0.2) is 18.0 Å². The van der Waals surface area contributed by atoms with Crippen molar-refractivity contribution in [3.05, 3.63) is 71.0 Å². The van der Waals surface area contributed by atoms with E-state index in [1.807, 2.05) is 0 Å². The smallest absolute Gasteiger partial charge is 0.341 e. The Kier molecular flexibility index (Phi) is 6.16. The van der Waals surface area contributed by atoms with Gasteiger partial charge in [0.1, 0.15) is 17.5 Å². The summed E-state index contributed by atoms with van der Waals surface area (Å²) in [6, 6.07) is 8.27. The zero-order chi connectivity index (χ0) is 18.4. The highest BCUT2D eigenvalue weighted by Gasteiger charge is 2.21. The lowest BCUT2D eigenvalue weighted by molar-refractivity contribution is -0.129. The molecule has 1 amide bonds. The number of carbonyl (C=O) groups excluding carboxylic acids is 2. The van der Waals surface area contributed by atoms with E-state index in [-0.39, 0.29) is 12.4 Å². The van der Waals surface area contributed by atoms with E-state index in [2.05, 4.69) is 5.32 Å². The molecular formula is C18H16F3NO3. The van der Waals surface area contributed by atoms with Gasteiger partial charge in [0.15, 0.2) is 6.10 Å². The molecule has 0 aliphatic carbocycles. The number of amides is 1. The number of nitrogens with one attached hydrogen (secondary N) is 1. The fourth-order valence-electron chi connectivity index (χ4n) is 2.06. The summed E-state index contributed by atoms with van der Waals surface area (Å²) in [5, 5.41) is 2.56. The highest BCUT2D eigenvalue weighted by Crippen LogP contribution is 2.12. The minimum Gasteiger partial charge on any atom is -0.449 e. The summed E-state index contributed by atoms with van der Waals surface area (Å²) >= 11 is 0. The van der Waals surface area contributed by atoms with Gasteiger partial charge in [0.2, 0.25) is 0 Å². The molecule has 0 aromatic heterocycles. The summed E-state index contributed by atoms with van der Waals surface area (Å²) < 4.78 is 44.0. The molecule has 0 bridgehead atoms. The second-order valence-electron chi connectivity index (χ2n) is 5.34. The summed E-state index contributed by atoms with van der Waals surface area (Å²) in [4.78, 5) is 23.7. The van der Waals surface area contributed by atoms with E-state index in [4.69, 9.17) is 4.74 Å². The van der Waals surface area contributed by atoms with Crippen LogP contribution in [-0.4, -0.2) is 24.5 Å². The predicted molar refractivity (Wildman–Crippen MR) is 84.3 cm³/mol. The number of halogens is 3. The highest BCUT2D eigenvalue weighted by atomic mass is 19.1. The Morgan fingerprint density at radius 3 is 2.32 bits per heavy atom. The molecule has 0 aliphatic rings. The maximum atomic E-state index is 13.5. The van der Waals surface area contributed by atoms with Crippen molar-refractivity contribution in [1.82, 2.24) is 5.32 Å². The minimum absolute atomic E-state index is 0.261. The SMILES string of the molecule is C[C@@H](OC(=O)c1ccc(F)cc1F)C(=O)NCCc1ccc(F)cc1. The second kappa shape index (κ2) is 8.32. The van der Waals surface area contributed by atoms with Crippen LogP contribution in [0.1, 0.15) is 22.8 Å². The van der Waals surface area contributed by atoms with Crippen molar-refractivity contribution in [2.75, 3.05) is 6.54 Å². The van der Waals surface area contributed by atoms with Gasteiger partial charge < -0.3 is 10.1 Å². The second-order valence-corrected chi connectivity index (χ2v) is 5.34. The van der Waals surface area contributed by atoms with Gasteiger partial charge in [-0.1, -0.05) is 12.1 Å². The zero-order valence-corrected chi connectivity index (χ0v) is 13.4. The third-order valence-corrected chi connectivity index (χ3v) is 3.43. The Labute approximate surface area is 142 Å². The Balaban J connectivity index is 1.83. The molecule has 0 unspecified atom stereocenters. The molecule has 132 valence electrons. The van der Waals surface area contributed by atoms with Crippen LogP contribution in [0.25, 0.3) is 0 Å². The number of hydrogen-bond acceptors (Lipinski definition) is 3. The molecule has 25 heavy (non-hydrogen) atoms. The first-order valence-corrected chi connectivity index (χ1v) is 7.55. The molecule has 0 fully saturated rings. The van der Waals surface area contributed by atoms with Gasteiger partial charge in [-0.3, -0.25) is 4.79 Å². The van der Waals surface area contributed by atoms with Crippen molar-refractivity contribution >= 4 is 11.9 Å². The highest BCUT2D eigenvalue weighted by molar-refractivity contribution is 5.92. The van der Waals surface area contributed by atoms with Crippen molar-refractivity contribution in [3.8, 4) is 0 Å². The topological polar surface area (TPSA) is 55.4 Å². The molecular weight excluding hydrogens is 335 g/mol. The number of hydrogen-bond donors (Lipinski definition) is 1. The molecule has 4 nitrogen and oxygen atoms in total. The lowest BCUT2D eigenvalue weighted by Crippen LogP contribution is -2.37. The van der Waals surface area contributed by atoms with Crippen LogP contribution in [0.2, 0.25) is 0 Å². The summed E-state index contributed by atoms with van der Waals surface area (Å²) in [7, 11) is 0.